The maximum Gasteiger partial charge on any atom is 0.573 e. The average Bonchev–Trinajstić information content (AvgIpc) is 2.69. The lowest BCUT2D eigenvalue weighted by atomic mass is 10.1. The van der Waals surface area contributed by atoms with E-state index in [1.54, 1.807) is 12.1 Å². The van der Waals surface area contributed by atoms with E-state index in [0.29, 0.717) is 23.0 Å². The van der Waals surface area contributed by atoms with E-state index in [2.05, 4.69) is 25.3 Å². The molecule has 3 aromatic rings. The number of rotatable bonds is 7. The molecule has 0 radical (unpaired) electrons. The molecule has 1 heterocycles. The number of alkyl halides is 3. The second kappa shape index (κ2) is 9.24. The molecule has 0 aliphatic rings. The van der Waals surface area contributed by atoms with Crippen LogP contribution in [0.15, 0.2) is 48.5 Å². The van der Waals surface area contributed by atoms with Crippen molar-refractivity contribution in [3.8, 4) is 17.0 Å². The number of halogens is 3. The van der Waals surface area contributed by atoms with E-state index in [1.807, 2.05) is 45.9 Å². The van der Waals surface area contributed by atoms with Gasteiger partial charge in [-0.25, -0.2) is 4.98 Å². The van der Waals surface area contributed by atoms with Gasteiger partial charge in [-0.1, -0.05) is 37.3 Å². The fourth-order valence-electron chi connectivity index (χ4n) is 3.04. The highest BCUT2D eigenvalue weighted by atomic mass is 19.4. The van der Waals surface area contributed by atoms with Gasteiger partial charge in [0.15, 0.2) is 0 Å². The largest absolute Gasteiger partial charge is 0.573 e. The molecule has 0 saturated carbocycles. The van der Waals surface area contributed by atoms with Crippen LogP contribution in [-0.4, -0.2) is 22.4 Å². The smallest absolute Gasteiger partial charge is 0.406 e. The Kier molecular flexibility index (Phi) is 6.68. The molecular formula is C23H25F3N4O. The van der Waals surface area contributed by atoms with E-state index >= 15 is 0 Å². The summed E-state index contributed by atoms with van der Waals surface area (Å²) < 4.78 is 42.0. The van der Waals surface area contributed by atoms with Crippen molar-refractivity contribution in [1.82, 2.24) is 9.97 Å². The van der Waals surface area contributed by atoms with Gasteiger partial charge in [-0.3, -0.25) is 0 Å². The second-order valence-corrected chi connectivity index (χ2v) is 7.38. The molecule has 0 amide bonds. The first-order chi connectivity index (χ1) is 14.6. The van der Waals surface area contributed by atoms with Crippen molar-refractivity contribution >= 4 is 17.5 Å². The zero-order valence-corrected chi connectivity index (χ0v) is 17.8. The maximum absolute atomic E-state index is 12.6. The van der Waals surface area contributed by atoms with Gasteiger partial charge in [0.25, 0.3) is 0 Å². The van der Waals surface area contributed by atoms with E-state index in [1.165, 1.54) is 18.2 Å². The Morgan fingerprint density at radius 2 is 1.68 bits per heavy atom. The highest BCUT2D eigenvalue weighted by Gasteiger charge is 2.31. The Balaban J connectivity index is 2.03. The first-order valence-electron chi connectivity index (χ1n) is 9.99. The highest BCUT2D eigenvalue weighted by molar-refractivity contribution is 5.70. The van der Waals surface area contributed by atoms with E-state index in [-0.39, 0.29) is 11.8 Å². The van der Waals surface area contributed by atoms with E-state index in [9.17, 15) is 13.2 Å². The summed E-state index contributed by atoms with van der Waals surface area (Å²) in [6.45, 7) is 8.03. The number of benzene rings is 2. The summed E-state index contributed by atoms with van der Waals surface area (Å²) in [6.07, 6.45) is -3.90. The lowest BCUT2D eigenvalue weighted by Crippen LogP contribution is -2.17. The Bertz CT molecular complexity index is 1030. The molecule has 5 nitrogen and oxygen atoms in total. The quantitative estimate of drug-likeness (QED) is 0.441. The summed E-state index contributed by atoms with van der Waals surface area (Å²) in [5.41, 5.74) is 3.99. The van der Waals surface area contributed by atoms with Gasteiger partial charge in [-0.2, -0.15) is 4.98 Å². The minimum atomic E-state index is -4.76. The van der Waals surface area contributed by atoms with Gasteiger partial charge in [-0.05, 0) is 50.5 Å². The molecular weight excluding hydrogens is 405 g/mol. The van der Waals surface area contributed by atoms with Crippen molar-refractivity contribution in [3.63, 3.8) is 0 Å². The maximum atomic E-state index is 12.6. The zero-order chi connectivity index (χ0) is 22.6. The Labute approximate surface area is 179 Å². The zero-order valence-electron chi connectivity index (χ0n) is 17.8. The number of anilines is 3. The van der Waals surface area contributed by atoms with Crippen molar-refractivity contribution < 1.29 is 17.9 Å². The molecule has 8 heteroatoms. The van der Waals surface area contributed by atoms with Crippen molar-refractivity contribution in [2.75, 3.05) is 10.6 Å². The standard InChI is InChI=1S/C23H25F3N4O/c1-5-16(4)27-22-28-19(17-10-7-11-18(12-17)31-23(24,25)26)13-20(30-22)29-21-14(2)8-6-9-15(21)3/h6-13,16H,5H2,1-4H3,(H2,27,28,29,30)/t16-/m1/s1. The molecule has 0 saturated heterocycles. The monoisotopic (exact) mass is 430 g/mol. The minimum Gasteiger partial charge on any atom is -0.406 e. The van der Waals surface area contributed by atoms with Gasteiger partial charge in [0.05, 0.1) is 5.69 Å². The number of aryl methyl sites for hydroxylation is 2. The average molecular weight is 430 g/mol. The number of hydrogen-bond donors (Lipinski definition) is 2. The van der Waals surface area contributed by atoms with Crippen LogP contribution in [0.25, 0.3) is 11.3 Å². The van der Waals surface area contributed by atoms with Crippen molar-refractivity contribution in [1.29, 1.82) is 0 Å². The molecule has 31 heavy (non-hydrogen) atoms. The van der Waals surface area contributed by atoms with Crippen molar-refractivity contribution in [2.45, 2.75) is 46.5 Å². The predicted molar refractivity (Wildman–Crippen MR) is 117 cm³/mol. The fourth-order valence-corrected chi connectivity index (χ4v) is 3.04. The van der Waals surface area contributed by atoms with Gasteiger partial charge in [0.2, 0.25) is 5.95 Å². The van der Waals surface area contributed by atoms with E-state index < -0.39 is 6.36 Å². The van der Waals surface area contributed by atoms with E-state index in [4.69, 9.17) is 0 Å². The van der Waals surface area contributed by atoms with Crippen LogP contribution in [0.3, 0.4) is 0 Å². The summed E-state index contributed by atoms with van der Waals surface area (Å²) in [5, 5.41) is 6.57. The number of nitrogens with zero attached hydrogens (tertiary/aromatic N) is 2. The number of hydrogen-bond acceptors (Lipinski definition) is 5. The van der Waals surface area contributed by atoms with Crippen LogP contribution < -0.4 is 15.4 Å². The third-order valence-corrected chi connectivity index (χ3v) is 4.81. The van der Waals surface area contributed by atoms with Crippen molar-refractivity contribution in [2.24, 2.45) is 0 Å². The summed E-state index contributed by atoms with van der Waals surface area (Å²) in [7, 11) is 0. The van der Waals surface area contributed by atoms with Crippen LogP contribution in [0.5, 0.6) is 5.75 Å². The van der Waals surface area contributed by atoms with Crippen LogP contribution in [-0.2, 0) is 0 Å². The summed E-state index contributed by atoms with van der Waals surface area (Å²) in [5.74, 6) is 0.627. The lowest BCUT2D eigenvalue weighted by Gasteiger charge is -2.17. The van der Waals surface area contributed by atoms with Gasteiger partial charge in [0.1, 0.15) is 11.6 Å². The number of ether oxygens (including phenoxy) is 1. The first-order valence-corrected chi connectivity index (χ1v) is 9.99. The topological polar surface area (TPSA) is 59.1 Å². The Hall–Kier alpha value is -3.29. The molecule has 0 aliphatic heterocycles. The summed E-state index contributed by atoms with van der Waals surface area (Å²) in [4.78, 5) is 9.08. The normalized spacial score (nSPS) is 12.4. The first kappa shape index (κ1) is 22.4. The molecule has 3 rings (SSSR count). The Morgan fingerprint density at radius 1 is 1.00 bits per heavy atom. The fraction of sp³-hybridized carbons (Fsp3) is 0.304. The number of aromatic nitrogens is 2. The third kappa shape index (κ3) is 6.10. The van der Waals surface area contributed by atoms with Crippen LogP contribution in [0.4, 0.5) is 30.6 Å². The van der Waals surface area contributed by atoms with Crippen LogP contribution in [0.2, 0.25) is 0 Å². The molecule has 0 bridgehead atoms. The lowest BCUT2D eigenvalue weighted by molar-refractivity contribution is -0.274. The molecule has 2 aromatic carbocycles. The minimum absolute atomic E-state index is 0.128. The molecule has 2 N–H and O–H groups in total. The molecule has 0 fully saturated rings. The SMILES string of the molecule is CC[C@@H](C)Nc1nc(Nc2c(C)cccc2C)cc(-c2cccc(OC(F)(F)F)c2)n1. The van der Waals surface area contributed by atoms with Crippen LogP contribution in [0, 0.1) is 13.8 Å². The predicted octanol–water partition coefficient (Wildman–Crippen LogP) is 6.61. The van der Waals surface area contributed by atoms with Gasteiger partial charge in [-0.15, -0.1) is 13.2 Å². The summed E-state index contributed by atoms with van der Waals surface area (Å²) in [6, 6.07) is 13.5. The van der Waals surface area contributed by atoms with Gasteiger partial charge in [0, 0.05) is 23.4 Å². The number of nitrogens with one attached hydrogen (secondary N) is 2. The molecule has 0 aliphatic carbocycles. The molecule has 1 aromatic heterocycles. The van der Waals surface area contributed by atoms with Crippen molar-refractivity contribution in [3.05, 3.63) is 59.7 Å². The van der Waals surface area contributed by atoms with Gasteiger partial charge < -0.3 is 15.4 Å². The Morgan fingerprint density at radius 3 is 2.32 bits per heavy atom. The molecule has 0 spiro atoms. The molecule has 1 atom stereocenters. The van der Waals surface area contributed by atoms with E-state index in [0.717, 1.165) is 23.2 Å². The van der Waals surface area contributed by atoms with Crippen LogP contribution in [0.1, 0.15) is 31.4 Å². The van der Waals surface area contributed by atoms with Crippen LogP contribution >= 0.6 is 0 Å². The number of para-hydroxylation sites is 1. The molecule has 0 unspecified atom stereocenters. The summed E-state index contributed by atoms with van der Waals surface area (Å²) >= 11 is 0. The molecule has 164 valence electrons. The third-order valence-electron chi connectivity index (χ3n) is 4.81. The second-order valence-electron chi connectivity index (χ2n) is 7.38. The highest BCUT2D eigenvalue weighted by Crippen LogP contribution is 2.30. The van der Waals surface area contributed by atoms with Gasteiger partial charge >= 0.3 is 6.36 Å².